The molecule has 25 heavy (non-hydrogen) atoms. The molecule has 1 aromatic carbocycles. The van der Waals surface area contributed by atoms with Gasteiger partial charge in [-0.2, -0.15) is 0 Å². The SMILES string of the molecule is COC(=O)c1ccc2c(c1)oc(=O)n2C(C)C(=O)OC1CCCCC1. The maximum atomic E-state index is 12.4. The van der Waals surface area contributed by atoms with Gasteiger partial charge in [-0.3, -0.25) is 4.57 Å². The Morgan fingerprint density at radius 3 is 2.64 bits per heavy atom. The van der Waals surface area contributed by atoms with Gasteiger partial charge in [0.05, 0.1) is 18.2 Å². The number of carbonyl (C=O) groups is 2. The zero-order chi connectivity index (χ0) is 18.0. The largest absolute Gasteiger partial charge is 0.465 e. The smallest absolute Gasteiger partial charge is 0.420 e. The summed E-state index contributed by atoms with van der Waals surface area (Å²) in [6, 6.07) is 3.72. The number of methoxy groups -OCH3 is 1. The first-order valence-electron chi connectivity index (χ1n) is 8.45. The molecule has 1 atom stereocenters. The minimum absolute atomic E-state index is 0.0801. The molecule has 1 aromatic heterocycles. The standard InChI is InChI=1S/C18H21NO6/c1-11(16(20)24-13-6-4-3-5-7-13)19-14-9-8-12(17(21)23-2)10-15(14)25-18(19)22/h8-11,13H,3-7H2,1-2H3. The second-order valence-electron chi connectivity index (χ2n) is 6.28. The maximum absolute atomic E-state index is 12.4. The highest BCUT2D eigenvalue weighted by Gasteiger charge is 2.26. The van der Waals surface area contributed by atoms with Crippen molar-refractivity contribution >= 4 is 23.0 Å². The van der Waals surface area contributed by atoms with Crippen LogP contribution in [0.5, 0.6) is 0 Å². The highest BCUT2D eigenvalue weighted by molar-refractivity contribution is 5.93. The van der Waals surface area contributed by atoms with Crippen LogP contribution in [-0.4, -0.2) is 29.7 Å². The molecule has 1 heterocycles. The average Bonchev–Trinajstić information content (AvgIpc) is 2.95. The lowest BCUT2D eigenvalue weighted by atomic mass is 9.98. The van der Waals surface area contributed by atoms with Crippen LogP contribution in [-0.2, 0) is 14.3 Å². The van der Waals surface area contributed by atoms with E-state index >= 15 is 0 Å². The van der Waals surface area contributed by atoms with E-state index in [-0.39, 0.29) is 17.3 Å². The summed E-state index contributed by atoms with van der Waals surface area (Å²) in [7, 11) is 1.28. The molecule has 0 bridgehead atoms. The molecule has 7 nitrogen and oxygen atoms in total. The summed E-state index contributed by atoms with van der Waals surface area (Å²) in [4.78, 5) is 36.2. The summed E-state index contributed by atoms with van der Waals surface area (Å²) < 4.78 is 16.6. The molecule has 1 aliphatic carbocycles. The Kier molecular flexibility index (Phi) is 4.92. The van der Waals surface area contributed by atoms with Crippen LogP contribution in [0, 0.1) is 0 Å². The van der Waals surface area contributed by atoms with Gasteiger partial charge in [-0.15, -0.1) is 0 Å². The molecule has 0 amide bonds. The van der Waals surface area contributed by atoms with E-state index in [4.69, 9.17) is 9.15 Å². The van der Waals surface area contributed by atoms with E-state index < -0.39 is 23.7 Å². The zero-order valence-corrected chi connectivity index (χ0v) is 14.3. The Balaban J connectivity index is 1.86. The number of aromatic nitrogens is 1. The van der Waals surface area contributed by atoms with E-state index in [1.54, 1.807) is 13.0 Å². The molecule has 0 spiro atoms. The number of benzene rings is 1. The van der Waals surface area contributed by atoms with E-state index in [0.29, 0.717) is 5.52 Å². The predicted molar refractivity (Wildman–Crippen MR) is 89.5 cm³/mol. The third kappa shape index (κ3) is 3.45. The summed E-state index contributed by atoms with van der Waals surface area (Å²) in [5, 5.41) is 0. The van der Waals surface area contributed by atoms with Crippen LogP contribution in [0.3, 0.4) is 0 Å². The highest BCUT2D eigenvalue weighted by Crippen LogP contribution is 2.24. The van der Waals surface area contributed by atoms with Crippen LogP contribution in [0.15, 0.2) is 27.4 Å². The van der Waals surface area contributed by atoms with Gasteiger partial charge < -0.3 is 13.9 Å². The molecular formula is C18H21NO6. The Labute approximate surface area is 144 Å². The van der Waals surface area contributed by atoms with Gasteiger partial charge in [0.25, 0.3) is 0 Å². The minimum Gasteiger partial charge on any atom is -0.465 e. The van der Waals surface area contributed by atoms with Crippen molar-refractivity contribution in [3.63, 3.8) is 0 Å². The lowest BCUT2D eigenvalue weighted by Crippen LogP contribution is -2.30. The number of esters is 2. The normalized spacial score (nSPS) is 16.6. The Morgan fingerprint density at radius 2 is 1.96 bits per heavy atom. The fourth-order valence-corrected chi connectivity index (χ4v) is 3.20. The van der Waals surface area contributed by atoms with Crippen molar-refractivity contribution in [2.24, 2.45) is 0 Å². The van der Waals surface area contributed by atoms with Crippen LogP contribution in [0.1, 0.15) is 55.4 Å². The zero-order valence-electron chi connectivity index (χ0n) is 14.3. The van der Waals surface area contributed by atoms with E-state index in [1.165, 1.54) is 23.8 Å². The quantitative estimate of drug-likeness (QED) is 0.790. The Morgan fingerprint density at radius 1 is 1.24 bits per heavy atom. The van der Waals surface area contributed by atoms with Gasteiger partial charge >= 0.3 is 17.7 Å². The summed E-state index contributed by atoms with van der Waals surface area (Å²) in [6.45, 7) is 1.61. The molecule has 1 aliphatic rings. The summed E-state index contributed by atoms with van der Waals surface area (Å²) in [6.07, 6.45) is 4.92. The molecule has 0 saturated heterocycles. The molecule has 0 aliphatic heterocycles. The number of hydrogen-bond donors (Lipinski definition) is 0. The monoisotopic (exact) mass is 347 g/mol. The number of hydrogen-bond acceptors (Lipinski definition) is 6. The van der Waals surface area contributed by atoms with Crippen molar-refractivity contribution < 1.29 is 23.5 Å². The number of rotatable bonds is 4. The predicted octanol–water partition coefficient (Wildman–Crippen LogP) is 2.82. The minimum atomic E-state index is -0.806. The Bertz CT molecular complexity index is 843. The molecule has 1 fully saturated rings. The van der Waals surface area contributed by atoms with Crippen LogP contribution in [0.4, 0.5) is 0 Å². The van der Waals surface area contributed by atoms with Crippen LogP contribution in [0.25, 0.3) is 11.1 Å². The maximum Gasteiger partial charge on any atom is 0.420 e. The summed E-state index contributed by atoms with van der Waals surface area (Å²) in [5.41, 5.74) is 0.935. The van der Waals surface area contributed by atoms with Crippen molar-refractivity contribution in [3.8, 4) is 0 Å². The van der Waals surface area contributed by atoms with Crippen molar-refractivity contribution in [2.45, 2.75) is 51.2 Å². The molecular weight excluding hydrogens is 326 g/mol. The number of carbonyl (C=O) groups excluding carboxylic acids is 2. The van der Waals surface area contributed by atoms with Crippen LogP contribution in [0.2, 0.25) is 0 Å². The first kappa shape index (κ1) is 17.3. The lowest BCUT2D eigenvalue weighted by molar-refractivity contribution is -0.154. The molecule has 7 heteroatoms. The molecule has 1 saturated carbocycles. The fraction of sp³-hybridized carbons (Fsp3) is 0.500. The van der Waals surface area contributed by atoms with Crippen LogP contribution >= 0.6 is 0 Å². The third-order valence-corrected chi connectivity index (χ3v) is 4.60. The van der Waals surface area contributed by atoms with Gasteiger partial charge in [-0.05, 0) is 50.8 Å². The summed E-state index contributed by atoms with van der Waals surface area (Å²) in [5.74, 6) is -1.64. The van der Waals surface area contributed by atoms with Crippen molar-refractivity contribution in [1.82, 2.24) is 4.57 Å². The van der Waals surface area contributed by atoms with E-state index in [1.807, 2.05) is 0 Å². The molecule has 1 unspecified atom stereocenters. The van der Waals surface area contributed by atoms with Gasteiger partial charge in [0.15, 0.2) is 5.58 Å². The van der Waals surface area contributed by atoms with Crippen molar-refractivity contribution in [1.29, 1.82) is 0 Å². The van der Waals surface area contributed by atoms with E-state index in [2.05, 4.69) is 4.74 Å². The number of nitrogens with zero attached hydrogens (tertiary/aromatic N) is 1. The average molecular weight is 347 g/mol. The lowest BCUT2D eigenvalue weighted by Gasteiger charge is -2.23. The molecule has 0 radical (unpaired) electrons. The first-order chi connectivity index (χ1) is 12.0. The van der Waals surface area contributed by atoms with Crippen molar-refractivity contribution in [2.75, 3.05) is 7.11 Å². The van der Waals surface area contributed by atoms with E-state index in [9.17, 15) is 14.4 Å². The molecule has 134 valence electrons. The van der Waals surface area contributed by atoms with Gasteiger partial charge in [0.2, 0.25) is 0 Å². The van der Waals surface area contributed by atoms with Gasteiger partial charge in [0, 0.05) is 0 Å². The number of ether oxygens (including phenoxy) is 2. The topological polar surface area (TPSA) is 87.7 Å². The molecule has 0 N–H and O–H groups in total. The second-order valence-corrected chi connectivity index (χ2v) is 6.28. The first-order valence-corrected chi connectivity index (χ1v) is 8.45. The van der Waals surface area contributed by atoms with Gasteiger partial charge in [-0.1, -0.05) is 6.42 Å². The second kappa shape index (κ2) is 7.13. The third-order valence-electron chi connectivity index (χ3n) is 4.60. The highest BCUT2D eigenvalue weighted by atomic mass is 16.5. The van der Waals surface area contributed by atoms with E-state index in [0.717, 1.165) is 32.1 Å². The summed E-state index contributed by atoms with van der Waals surface area (Å²) >= 11 is 0. The van der Waals surface area contributed by atoms with Gasteiger partial charge in [-0.25, -0.2) is 14.4 Å². The molecule has 3 rings (SSSR count). The Hall–Kier alpha value is -2.57. The molecule has 2 aromatic rings. The number of oxazole rings is 1. The van der Waals surface area contributed by atoms with Crippen LogP contribution < -0.4 is 5.76 Å². The van der Waals surface area contributed by atoms with Gasteiger partial charge in [0.1, 0.15) is 12.1 Å². The number of fused-ring (bicyclic) bond motifs is 1. The van der Waals surface area contributed by atoms with Crippen molar-refractivity contribution in [3.05, 3.63) is 34.3 Å². The fourth-order valence-electron chi connectivity index (χ4n) is 3.20.